The van der Waals surface area contributed by atoms with E-state index < -0.39 is 34.4 Å². The van der Waals surface area contributed by atoms with Gasteiger partial charge in [0, 0.05) is 17.1 Å². The minimum atomic E-state index is -4.14. The van der Waals surface area contributed by atoms with Crippen LogP contribution in [0.2, 0.25) is 0 Å². The first-order valence-electron chi connectivity index (χ1n) is 11.2. The van der Waals surface area contributed by atoms with Crippen LogP contribution in [0.1, 0.15) is 48.5 Å². The summed E-state index contributed by atoms with van der Waals surface area (Å²) in [6.07, 6.45) is 3.90. The van der Waals surface area contributed by atoms with Gasteiger partial charge in [0.1, 0.15) is 17.5 Å². The average molecular weight is 548 g/mol. The largest absolute Gasteiger partial charge is 0.352 e. The number of amides is 3. The monoisotopic (exact) mass is 547 g/mol. The van der Waals surface area contributed by atoms with Crippen molar-refractivity contribution in [3.05, 3.63) is 64.1 Å². The van der Waals surface area contributed by atoms with E-state index in [1.54, 1.807) is 13.0 Å². The smallest absolute Gasteiger partial charge is 0.269 e. The van der Waals surface area contributed by atoms with Crippen LogP contribution in [0.4, 0.5) is 0 Å². The van der Waals surface area contributed by atoms with Gasteiger partial charge in [-0.25, -0.2) is 12.7 Å². The lowest BCUT2D eigenvalue weighted by Crippen LogP contribution is -2.52. The maximum absolute atomic E-state index is 13.4. The summed E-state index contributed by atoms with van der Waals surface area (Å²) >= 11 is 3.41. The van der Waals surface area contributed by atoms with E-state index in [1.165, 1.54) is 23.1 Å². The van der Waals surface area contributed by atoms with Crippen LogP contribution in [0, 0.1) is 0 Å². The van der Waals surface area contributed by atoms with Crippen molar-refractivity contribution >= 4 is 43.7 Å². The van der Waals surface area contributed by atoms with Crippen LogP contribution in [0.3, 0.4) is 0 Å². The number of rotatable bonds is 7. The normalized spacial score (nSPS) is 17.9. The third-order valence-electron chi connectivity index (χ3n) is 6.30. The molecule has 1 aliphatic carbocycles. The first-order chi connectivity index (χ1) is 16.2. The summed E-state index contributed by atoms with van der Waals surface area (Å²) < 4.78 is 27.3. The highest BCUT2D eigenvalue weighted by atomic mass is 79.9. The molecular weight excluding hydrogens is 522 g/mol. The van der Waals surface area contributed by atoms with Crippen LogP contribution in [0.5, 0.6) is 0 Å². The molecule has 1 heterocycles. The average Bonchev–Trinajstić information content (AvgIpc) is 3.38. The summed E-state index contributed by atoms with van der Waals surface area (Å²) in [4.78, 5) is 40.4. The van der Waals surface area contributed by atoms with Crippen molar-refractivity contribution in [1.29, 1.82) is 0 Å². The maximum atomic E-state index is 13.4. The van der Waals surface area contributed by atoms with Gasteiger partial charge in [-0.05, 0) is 49.6 Å². The van der Waals surface area contributed by atoms with Gasteiger partial charge in [-0.3, -0.25) is 14.4 Å². The number of nitrogens with one attached hydrogen (secondary N) is 1. The molecule has 0 saturated heterocycles. The molecule has 1 saturated carbocycles. The minimum Gasteiger partial charge on any atom is -0.352 e. The molecule has 4 rings (SSSR count). The number of sulfonamides is 1. The summed E-state index contributed by atoms with van der Waals surface area (Å²) in [5.74, 6) is -1.66. The fourth-order valence-electron chi connectivity index (χ4n) is 4.41. The van der Waals surface area contributed by atoms with E-state index in [-0.39, 0.29) is 29.0 Å². The predicted octanol–water partition coefficient (Wildman–Crippen LogP) is 3.07. The number of hydrogen-bond acceptors (Lipinski definition) is 5. The van der Waals surface area contributed by atoms with Crippen LogP contribution < -0.4 is 5.32 Å². The van der Waals surface area contributed by atoms with Crippen LogP contribution in [0.25, 0.3) is 0 Å². The van der Waals surface area contributed by atoms with E-state index in [0.29, 0.717) is 4.31 Å². The molecule has 2 aliphatic rings. The van der Waals surface area contributed by atoms with Gasteiger partial charge in [0.15, 0.2) is 0 Å². The van der Waals surface area contributed by atoms with Gasteiger partial charge in [0.2, 0.25) is 11.8 Å². The quantitative estimate of drug-likeness (QED) is 0.573. The van der Waals surface area contributed by atoms with E-state index in [9.17, 15) is 22.8 Å². The number of halogens is 1. The van der Waals surface area contributed by atoms with Gasteiger partial charge < -0.3 is 10.2 Å². The van der Waals surface area contributed by atoms with Gasteiger partial charge in [-0.1, -0.05) is 53.0 Å². The summed E-state index contributed by atoms with van der Waals surface area (Å²) in [7, 11) is -4.14. The second-order valence-corrected chi connectivity index (χ2v) is 11.4. The van der Waals surface area contributed by atoms with Crippen LogP contribution >= 0.6 is 15.9 Å². The van der Waals surface area contributed by atoms with Gasteiger partial charge in [-0.15, -0.1) is 0 Å². The van der Waals surface area contributed by atoms with Crippen LogP contribution in [-0.2, 0) is 26.2 Å². The Kier molecular flexibility index (Phi) is 7.09. The van der Waals surface area contributed by atoms with Crippen LogP contribution in [-0.4, -0.2) is 54.0 Å². The molecule has 8 nitrogen and oxygen atoms in total. The lowest BCUT2D eigenvalue weighted by molar-refractivity contribution is -0.140. The Morgan fingerprint density at radius 1 is 1.15 bits per heavy atom. The molecule has 34 heavy (non-hydrogen) atoms. The van der Waals surface area contributed by atoms with Crippen molar-refractivity contribution < 1.29 is 22.8 Å². The molecule has 1 atom stereocenters. The van der Waals surface area contributed by atoms with Crippen LogP contribution in [0.15, 0.2) is 57.9 Å². The fraction of sp³-hybridized carbons (Fsp3) is 0.375. The summed E-state index contributed by atoms with van der Waals surface area (Å²) in [5.41, 5.74) is 0.808. The first kappa shape index (κ1) is 24.4. The first-order valence-corrected chi connectivity index (χ1v) is 13.4. The molecule has 3 amide bonds. The maximum Gasteiger partial charge on any atom is 0.269 e. The lowest BCUT2D eigenvalue weighted by atomic mass is 10.1. The molecule has 180 valence electrons. The Morgan fingerprint density at radius 3 is 2.53 bits per heavy atom. The van der Waals surface area contributed by atoms with Crippen molar-refractivity contribution in [3.8, 4) is 0 Å². The van der Waals surface area contributed by atoms with E-state index in [2.05, 4.69) is 21.2 Å². The SMILES string of the molecule is C[C@@H](C(=O)NC1CCCC1)N(Cc1cccc(Br)c1)C(=O)CN1C(=O)c2ccccc2S1(=O)=O. The number of carbonyl (C=O) groups is 3. The van der Waals surface area contributed by atoms with Crippen molar-refractivity contribution in [1.82, 2.24) is 14.5 Å². The molecule has 0 bridgehead atoms. The van der Waals surface area contributed by atoms with Crippen molar-refractivity contribution in [2.75, 3.05) is 6.54 Å². The van der Waals surface area contributed by atoms with E-state index in [0.717, 1.165) is 35.7 Å². The topological polar surface area (TPSA) is 104 Å². The molecule has 2 aromatic rings. The molecule has 2 aromatic carbocycles. The second kappa shape index (κ2) is 9.87. The van der Waals surface area contributed by atoms with Crippen molar-refractivity contribution in [2.24, 2.45) is 0 Å². The number of fused-ring (bicyclic) bond motifs is 1. The molecule has 0 aromatic heterocycles. The lowest BCUT2D eigenvalue weighted by Gasteiger charge is -2.31. The molecule has 1 fully saturated rings. The van der Waals surface area contributed by atoms with Gasteiger partial charge in [0.05, 0.1) is 5.56 Å². The van der Waals surface area contributed by atoms with E-state index in [4.69, 9.17) is 0 Å². The third kappa shape index (κ3) is 4.88. The zero-order valence-electron chi connectivity index (χ0n) is 18.7. The third-order valence-corrected chi connectivity index (χ3v) is 8.58. The highest BCUT2D eigenvalue weighted by Crippen LogP contribution is 2.30. The highest BCUT2D eigenvalue weighted by molar-refractivity contribution is 9.10. The number of hydrogen-bond donors (Lipinski definition) is 1. The van der Waals surface area contributed by atoms with E-state index in [1.807, 2.05) is 24.3 Å². The summed E-state index contributed by atoms with van der Waals surface area (Å²) in [6, 6.07) is 12.4. The zero-order valence-corrected chi connectivity index (χ0v) is 21.1. The number of benzene rings is 2. The highest BCUT2D eigenvalue weighted by Gasteiger charge is 2.43. The summed E-state index contributed by atoms with van der Waals surface area (Å²) in [6.45, 7) is 1.03. The fourth-order valence-corrected chi connectivity index (χ4v) is 6.37. The van der Waals surface area contributed by atoms with Crippen molar-refractivity contribution in [2.45, 2.75) is 56.1 Å². The Morgan fingerprint density at radius 2 is 1.85 bits per heavy atom. The molecule has 0 radical (unpaired) electrons. The second-order valence-electron chi connectivity index (χ2n) is 8.63. The van der Waals surface area contributed by atoms with Gasteiger partial charge >= 0.3 is 0 Å². The molecule has 10 heteroatoms. The van der Waals surface area contributed by atoms with Gasteiger partial charge in [-0.2, -0.15) is 0 Å². The van der Waals surface area contributed by atoms with E-state index >= 15 is 0 Å². The Hall–Kier alpha value is -2.72. The predicted molar refractivity (Wildman–Crippen MR) is 129 cm³/mol. The molecule has 0 spiro atoms. The molecule has 1 aliphatic heterocycles. The van der Waals surface area contributed by atoms with Gasteiger partial charge in [0.25, 0.3) is 15.9 Å². The Labute approximate surface area is 207 Å². The Balaban J connectivity index is 1.58. The molecule has 1 N–H and O–H groups in total. The number of carbonyl (C=O) groups excluding carboxylic acids is 3. The Bertz CT molecular complexity index is 1230. The molecular formula is C24H26BrN3O5S. The zero-order chi connectivity index (χ0) is 24.5. The minimum absolute atomic E-state index is 0.0425. The molecule has 0 unspecified atom stereocenters. The summed E-state index contributed by atoms with van der Waals surface area (Å²) in [5, 5.41) is 3.00. The van der Waals surface area contributed by atoms with Crippen molar-refractivity contribution in [3.63, 3.8) is 0 Å². The number of nitrogens with zero attached hydrogens (tertiary/aromatic N) is 2. The standard InChI is InChI=1S/C24H26BrN3O5S/c1-16(23(30)26-19-9-2-3-10-19)27(14-17-7-6-8-18(25)13-17)22(29)15-28-24(31)20-11-4-5-12-21(20)34(28,32)33/h4-8,11-13,16,19H,2-3,9-10,14-15H2,1H3,(H,26,30)/t16-/m0/s1.